The summed E-state index contributed by atoms with van der Waals surface area (Å²) in [5, 5.41) is 7.32. The molecule has 0 spiro atoms. The van der Waals surface area contributed by atoms with Crippen LogP contribution in [0.25, 0.3) is 0 Å². The lowest BCUT2D eigenvalue weighted by atomic mass is 10.1. The number of hydrogen-bond donors (Lipinski definition) is 1. The molecule has 4 aromatic rings. The van der Waals surface area contributed by atoms with E-state index in [1.165, 1.54) is 0 Å². The largest absolute Gasteiger partial charge is 0.488 e. The third kappa shape index (κ3) is 5.65. The summed E-state index contributed by atoms with van der Waals surface area (Å²) in [6, 6.07) is 21.5. The van der Waals surface area contributed by atoms with Gasteiger partial charge < -0.3 is 19.3 Å². The van der Waals surface area contributed by atoms with Gasteiger partial charge in [-0.15, -0.1) is 0 Å². The zero-order valence-electron chi connectivity index (χ0n) is 17.2. The maximum absolute atomic E-state index is 12.8. The summed E-state index contributed by atoms with van der Waals surface area (Å²) in [6.07, 6.45) is 0. The van der Waals surface area contributed by atoms with E-state index in [2.05, 4.69) is 15.5 Å². The Morgan fingerprint density at radius 3 is 2.44 bits per heavy atom. The lowest BCUT2D eigenvalue weighted by molar-refractivity contribution is 0.102. The number of carbonyl (C=O) groups is 1. The van der Waals surface area contributed by atoms with E-state index < -0.39 is 0 Å². The average Bonchev–Trinajstić information content (AvgIpc) is 3.23. The molecule has 1 amide bonds. The number of rotatable bonds is 8. The van der Waals surface area contributed by atoms with Crippen LogP contribution in [0.15, 0.2) is 77.3 Å². The summed E-state index contributed by atoms with van der Waals surface area (Å²) in [5.74, 6) is 1.80. The van der Waals surface area contributed by atoms with Crippen molar-refractivity contribution < 1.29 is 18.8 Å². The Hall–Kier alpha value is -3.84. The van der Waals surface area contributed by atoms with Crippen LogP contribution in [-0.4, -0.2) is 16.0 Å². The zero-order valence-corrected chi connectivity index (χ0v) is 18.0. The molecule has 0 saturated heterocycles. The number of benzene rings is 3. The van der Waals surface area contributed by atoms with Gasteiger partial charge in [0.15, 0.2) is 6.61 Å². The molecule has 0 aliphatic heterocycles. The van der Waals surface area contributed by atoms with Crippen molar-refractivity contribution in [3.63, 3.8) is 0 Å². The number of nitrogens with one attached hydrogen (secondary N) is 1. The maximum Gasteiger partial charge on any atom is 0.259 e. The molecule has 32 heavy (non-hydrogen) atoms. The molecule has 0 bridgehead atoms. The second kappa shape index (κ2) is 9.98. The molecule has 3 aromatic carbocycles. The second-order valence-electron chi connectivity index (χ2n) is 6.91. The Morgan fingerprint density at radius 1 is 0.969 bits per heavy atom. The predicted octanol–water partition coefficient (Wildman–Crippen LogP) is 5.44. The molecule has 162 valence electrons. The standard InChI is InChI=1S/C24H20ClN3O4/c1-16-26-23(28-32-16)15-30-20-12-10-19(11-13-20)27-24(29)21-4-2-3-5-22(21)31-14-17-6-8-18(25)9-7-17/h2-13H,14-15H2,1H3,(H,27,29). The van der Waals surface area contributed by atoms with Crippen molar-refractivity contribution in [2.24, 2.45) is 0 Å². The fraction of sp³-hybridized carbons (Fsp3) is 0.125. The second-order valence-corrected chi connectivity index (χ2v) is 7.34. The Labute approximate surface area is 189 Å². The number of aryl methyl sites for hydroxylation is 1. The van der Waals surface area contributed by atoms with E-state index in [4.69, 9.17) is 25.6 Å². The summed E-state index contributed by atoms with van der Waals surface area (Å²) in [4.78, 5) is 16.9. The van der Waals surface area contributed by atoms with Crippen molar-refractivity contribution in [2.45, 2.75) is 20.1 Å². The van der Waals surface area contributed by atoms with Crippen molar-refractivity contribution in [3.05, 3.63) is 101 Å². The molecular weight excluding hydrogens is 430 g/mol. The first kappa shape index (κ1) is 21.4. The molecule has 4 rings (SSSR count). The number of ether oxygens (including phenoxy) is 2. The lowest BCUT2D eigenvalue weighted by Gasteiger charge is -2.12. The number of carbonyl (C=O) groups excluding carboxylic acids is 1. The van der Waals surface area contributed by atoms with Gasteiger partial charge >= 0.3 is 0 Å². The molecule has 0 radical (unpaired) electrons. The van der Waals surface area contributed by atoms with Gasteiger partial charge in [0.2, 0.25) is 11.7 Å². The topological polar surface area (TPSA) is 86.5 Å². The van der Waals surface area contributed by atoms with Crippen LogP contribution in [0.4, 0.5) is 5.69 Å². The highest BCUT2D eigenvalue weighted by Gasteiger charge is 2.13. The number of para-hydroxylation sites is 1. The molecule has 0 aliphatic carbocycles. The fourth-order valence-electron chi connectivity index (χ4n) is 2.90. The van der Waals surface area contributed by atoms with Crippen LogP contribution >= 0.6 is 11.6 Å². The molecule has 0 atom stereocenters. The van der Waals surface area contributed by atoms with Crippen LogP contribution in [0, 0.1) is 6.92 Å². The molecule has 8 heteroatoms. The fourth-order valence-corrected chi connectivity index (χ4v) is 3.03. The van der Waals surface area contributed by atoms with Gasteiger partial charge in [0, 0.05) is 17.6 Å². The van der Waals surface area contributed by atoms with Crippen LogP contribution in [-0.2, 0) is 13.2 Å². The summed E-state index contributed by atoms with van der Waals surface area (Å²) in [6.45, 7) is 2.24. The van der Waals surface area contributed by atoms with Gasteiger partial charge in [-0.3, -0.25) is 4.79 Å². The van der Waals surface area contributed by atoms with Crippen molar-refractivity contribution in [3.8, 4) is 11.5 Å². The summed E-state index contributed by atoms with van der Waals surface area (Å²) < 4.78 is 16.4. The Balaban J connectivity index is 1.36. The van der Waals surface area contributed by atoms with E-state index in [-0.39, 0.29) is 12.5 Å². The third-order valence-corrected chi connectivity index (χ3v) is 4.74. The van der Waals surface area contributed by atoms with E-state index in [1.54, 1.807) is 61.5 Å². The maximum atomic E-state index is 12.8. The molecule has 0 fully saturated rings. The molecular formula is C24H20ClN3O4. The Bertz CT molecular complexity index is 1190. The molecule has 7 nitrogen and oxygen atoms in total. The summed E-state index contributed by atoms with van der Waals surface area (Å²) in [5.41, 5.74) is 2.02. The SMILES string of the molecule is Cc1nc(COc2ccc(NC(=O)c3ccccc3OCc3ccc(Cl)cc3)cc2)no1. The Morgan fingerprint density at radius 2 is 1.72 bits per heavy atom. The van der Waals surface area contributed by atoms with Crippen LogP contribution in [0.3, 0.4) is 0 Å². The van der Waals surface area contributed by atoms with E-state index >= 15 is 0 Å². The van der Waals surface area contributed by atoms with E-state index in [9.17, 15) is 4.79 Å². The van der Waals surface area contributed by atoms with Gasteiger partial charge in [0.25, 0.3) is 5.91 Å². The number of aromatic nitrogens is 2. The van der Waals surface area contributed by atoms with Gasteiger partial charge in [-0.25, -0.2) is 0 Å². The van der Waals surface area contributed by atoms with E-state index in [1.807, 2.05) is 18.2 Å². The van der Waals surface area contributed by atoms with Gasteiger partial charge in [-0.05, 0) is 54.1 Å². The number of amides is 1. The van der Waals surface area contributed by atoms with Gasteiger partial charge in [0.1, 0.15) is 18.1 Å². The van der Waals surface area contributed by atoms with Crippen LogP contribution in [0.5, 0.6) is 11.5 Å². The van der Waals surface area contributed by atoms with Crippen LogP contribution in [0.1, 0.15) is 27.6 Å². The highest BCUT2D eigenvalue weighted by atomic mass is 35.5. The van der Waals surface area contributed by atoms with E-state index in [0.717, 1.165) is 5.56 Å². The monoisotopic (exact) mass is 449 g/mol. The van der Waals surface area contributed by atoms with Crippen molar-refractivity contribution in [1.82, 2.24) is 10.1 Å². The number of nitrogens with zero attached hydrogens (tertiary/aromatic N) is 2. The third-order valence-electron chi connectivity index (χ3n) is 4.49. The number of hydrogen-bond acceptors (Lipinski definition) is 6. The first-order valence-corrected chi connectivity index (χ1v) is 10.2. The van der Waals surface area contributed by atoms with Crippen molar-refractivity contribution in [2.75, 3.05) is 5.32 Å². The minimum Gasteiger partial charge on any atom is -0.488 e. The molecule has 1 aromatic heterocycles. The summed E-state index contributed by atoms with van der Waals surface area (Å²) >= 11 is 5.92. The highest BCUT2D eigenvalue weighted by Crippen LogP contribution is 2.23. The van der Waals surface area contributed by atoms with E-state index in [0.29, 0.717) is 46.1 Å². The molecule has 1 N–H and O–H groups in total. The minimum atomic E-state index is -0.271. The lowest BCUT2D eigenvalue weighted by Crippen LogP contribution is -2.13. The van der Waals surface area contributed by atoms with Crippen LogP contribution in [0.2, 0.25) is 5.02 Å². The first-order chi connectivity index (χ1) is 15.6. The molecule has 1 heterocycles. The highest BCUT2D eigenvalue weighted by molar-refractivity contribution is 6.30. The molecule has 0 saturated carbocycles. The molecule has 0 aliphatic rings. The number of halogens is 1. The smallest absolute Gasteiger partial charge is 0.259 e. The normalized spacial score (nSPS) is 10.6. The van der Waals surface area contributed by atoms with Gasteiger partial charge in [0.05, 0.1) is 5.56 Å². The number of anilines is 1. The average molecular weight is 450 g/mol. The Kier molecular flexibility index (Phi) is 6.67. The predicted molar refractivity (Wildman–Crippen MR) is 120 cm³/mol. The van der Waals surface area contributed by atoms with Gasteiger partial charge in [-0.1, -0.05) is 41.0 Å². The van der Waals surface area contributed by atoms with Crippen LogP contribution < -0.4 is 14.8 Å². The first-order valence-electron chi connectivity index (χ1n) is 9.86. The molecule has 0 unspecified atom stereocenters. The quantitative estimate of drug-likeness (QED) is 0.385. The van der Waals surface area contributed by atoms with Gasteiger partial charge in [-0.2, -0.15) is 4.98 Å². The van der Waals surface area contributed by atoms with Crippen molar-refractivity contribution in [1.29, 1.82) is 0 Å². The zero-order chi connectivity index (χ0) is 22.3. The summed E-state index contributed by atoms with van der Waals surface area (Å²) in [7, 11) is 0. The van der Waals surface area contributed by atoms with Crippen molar-refractivity contribution >= 4 is 23.2 Å². The minimum absolute atomic E-state index is 0.196.